The van der Waals surface area contributed by atoms with Crippen molar-refractivity contribution in [3.63, 3.8) is 0 Å². The van der Waals surface area contributed by atoms with E-state index in [9.17, 15) is 4.79 Å². The fourth-order valence-corrected chi connectivity index (χ4v) is 3.62. The van der Waals surface area contributed by atoms with Crippen LogP contribution in [0.3, 0.4) is 0 Å². The van der Waals surface area contributed by atoms with Gasteiger partial charge in [0.2, 0.25) is 11.7 Å². The summed E-state index contributed by atoms with van der Waals surface area (Å²) in [7, 11) is 3.19. The van der Waals surface area contributed by atoms with Crippen molar-refractivity contribution in [3.05, 3.63) is 53.9 Å². The molecule has 2 amide bonds. The molecule has 0 unspecified atom stereocenters. The number of urea groups is 1. The number of carbonyl (C=O) groups is 1. The van der Waals surface area contributed by atoms with Crippen LogP contribution >= 0.6 is 0 Å². The SMILES string of the molecule is COc1cccc(-c2noc([C@@H]3CCCN3C(=O)Nc3cc(C)ccc3OC)n2)c1. The Hall–Kier alpha value is -3.55. The number of nitrogens with zero attached hydrogens (tertiary/aromatic N) is 3. The van der Waals surface area contributed by atoms with Gasteiger partial charge in [0, 0.05) is 12.1 Å². The third-order valence-electron chi connectivity index (χ3n) is 5.16. The minimum Gasteiger partial charge on any atom is -0.497 e. The van der Waals surface area contributed by atoms with E-state index in [0.717, 1.165) is 24.0 Å². The highest BCUT2D eigenvalue weighted by Crippen LogP contribution is 2.34. The smallest absolute Gasteiger partial charge is 0.322 e. The minimum absolute atomic E-state index is 0.220. The van der Waals surface area contributed by atoms with Crippen molar-refractivity contribution in [2.24, 2.45) is 0 Å². The van der Waals surface area contributed by atoms with Gasteiger partial charge in [0.15, 0.2) is 0 Å². The van der Waals surface area contributed by atoms with E-state index >= 15 is 0 Å². The molecule has 2 aromatic carbocycles. The molecular weight excluding hydrogens is 384 g/mol. The average Bonchev–Trinajstić information content (AvgIpc) is 3.43. The molecule has 30 heavy (non-hydrogen) atoms. The van der Waals surface area contributed by atoms with Crippen LogP contribution in [0.25, 0.3) is 11.4 Å². The van der Waals surface area contributed by atoms with Crippen LogP contribution in [-0.2, 0) is 0 Å². The predicted molar refractivity (Wildman–Crippen MR) is 112 cm³/mol. The number of benzene rings is 2. The van der Waals surface area contributed by atoms with Crippen molar-refractivity contribution in [2.45, 2.75) is 25.8 Å². The van der Waals surface area contributed by atoms with E-state index < -0.39 is 0 Å². The van der Waals surface area contributed by atoms with Crippen molar-refractivity contribution in [1.29, 1.82) is 0 Å². The highest BCUT2D eigenvalue weighted by Gasteiger charge is 2.34. The van der Waals surface area contributed by atoms with E-state index in [1.165, 1.54) is 0 Å². The number of likely N-dealkylation sites (tertiary alicyclic amines) is 1. The number of rotatable bonds is 5. The summed E-state index contributed by atoms with van der Waals surface area (Å²) in [5.41, 5.74) is 2.46. The molecule has 1 aromatic heterocycles. The van der Waals surface area contributed by atoms with Gasteiger partial charge in [-0.25, -0.2) is 4.79 Å². The maximum absolute atomic E-state index is 13.0. The Morgan fingerprint density at radius 1 is 1.20 bits per heavy atom. The van der Waals surface area contributed by atoms with Crippen molar-refractivity contribution in [3.8, 4) is 22.9 Å². The maximum atomic E-state index is 13.0. The Morgan fingerprint density at radius 3 is 2.87 bits per heavy atom. The van der Waals surface area contributed by atoms with Gasteiger partial charge >= 0.3 is 6.03 Å². The van der Waals surface area contributed by atoms with Crippen molar-refractivity contribution >= 4 is 11.7 Å². The number of anilines is 1. The molecule has 2 heterocycles. The van der Waals surface area contributed by atoms with Crippen LogP contribution in [0.5, 0.6) is 11.5 Å². The average molecular weight is 408 g/mol. The van der Waals surface area contributed by atoms with Gasteiger partial charge < -0.3 is 24.2 Å². The number of hydrogen-bond acceptors (Lipinski definition) is 6. The standard InChI is InChI=1S/C22H24N4O4/c1-14-9-10-19(29-3)17(12-14)23-22(27)26-11-5-8-18(26)21-24-20(25-30-21)15-6-4-7-16(13-15)28-2/h4,6-7,9-10,12-13,18H,5,8,11H2,1-3H3,(H,23,27)/t18-/m0/s1. The lowest BCUT2D eigenvalue weighted by molar-refractivity contribution is 0.193. The molecule has 1 fully saturated rings. The summed E-state index contributed by atoms with van der Waals surface area (Å²) in [6.45, 7) is 2.58. The highest BCUT2D eigenvalue weighted by atomic mass is 16.5. The summed E-state index contributed by atoms with van der Waals surface area (Å²) in [6.07, 6.45) is 1.62. The van der Waals surface area contributed by atoms with E-state index in [2.05, 4.69) is 15.5 Å². The summed E-state index contributed by atoms with van der Waals surface area (Å²) in [4.78, 5) is 19.3. The van der Waals surface area contributed by atoms with Gasteiger partial charge in [-0.2, -0.15) is 4.98 Å². The van der Waals surface area contributed by atoms with Crippen LogP contribution in [0.1, 0.15) is 30.3 Å². The normalized spacial score (nSPS) is 15.8. The van der Waals surface area contributed by atoms with Crippen LogP contribution in [0, 0.1) is 6.92 Å². The number of hydrogen-bond donors (Lipinski definition) is 1. The molecule has 1 aliphatic heterocycles. The Labute approximate surface area is 174 Å². The van der Waals surface area contributed by atoms with E-state index in [1.54, 1.807) is 19.1 Å². The third kappa shape index (κ3) is 3.94. The monoisotopic (exact) mass is 408 g/mol. The zero-order valence-corrected chi connectivity index (χ0v) is 17.2. The van der Waals surface area contributed by atoms with Crippen LogP contribution in [-0.4, -0.2) is 41.8 Å². The van der Waals surface area contributed by atoms with E-state index in [4.69, 9.17) is 14.0 Å². The second-order valence-corrected chi connectivity index (χ2v) is 7.17. The summed E-state index contributed by atoms with van der Waals surface area (Å²) in [6, 6.07) is 12.6. The molecular formula is C22H24N4O4. The number of ether oxygens (including phenoxy) is 2. The molecule has 1 N–H and O–H groups in total. The van der Waals surface area contributed by atoms with Crippen LogP contribution in [0.4, 0.5) is 10.5 Å². The Kier molecular flexibility index (Phi) is 5.56. The van der Waals surface area contributed by atoms with Crippen LogP contribution < -0.4 is 14.8 Å². The lowest BCUT2D eigenvalue weighted by Gasteiger charge is -2.23. The molecule has 0 bridgehead atoms. The molecule has 4 rings (SSSR count). The first-order valence-electron chi connectivity index (χ1n) is 9.79. The number of nitrogens with one attached hydrogen (secondary N) is 1. The topological polar surface area (TPSA) is 89.7 Å². The van der Waals surface area contributed by atoms with Gasteiger partial charge in [-0.1, -0.05) is 23.4 Å². The lowest BCUT2D eigenvalue weighted by atomic mass is 10.2. The molecule has 0 aliphatic carbocycles. The van der Waals surface area contributed by atoms with Crippen molar-refractivity contribution in [1.82, 2.24) is 15.0 Å². The van der Waals surface area contributed by atoms with Crippen molar-refractivity contribution in [2.75, 3.05) is 26.1 Å². The van der Waals surface area contributed by atoms with E-state index in [0.29, 0.717) is 35.4 Å². The van der Waals surface area contributed by atoms with Gasteiger partial charge in [0.1, 0.15) is 17.5 Å². The maximum Gasteiger partial charge on any atom is 0.322 e. The third-order valence-corrected chi connectivity index (χ3v) is 5.16. The first-order valence-corrected chi connectivity index (χ1v) is 9.79. The van der Waals surface area contributed by atoms with Gasteiger partial charge in [0.05, 0.1) is 19.9 Å². The molecule has 1 atom stereocenters. The molecule has 8 nitrogen and oxygen atoms in total. The number of carbonyl (C=O) groups excluding carboxylic acids is 1. The fraction of sp³-hybridized carbons (Fsp3) is 0.318. The number of aryl methyl sites for hydroxylation is 1. The van der Waals surface area contributed by atoms with E-state index in [-0.39, 0.29) is 12.1 Å². The molecule has 3 aromatic rings. The molecule has 0 spiro atoms. The molecule has 8 heteroatoms. The first-order chi connectivity index (χ1) is 14.6. The predicted octanol–water partition coefficient (Wildman–Crippen LogP) is 4.43. The second-order valence-electron chi connectivity index (χ2n) is 7.17. The molecule has 156 valence electrons. The number of amides is 2. The summed E-state index contributed by atoms with van der Waals surface area (Å²) < 4.78 is 16.1. The Bertz CT molecular complexity index is 1050. The Morgan fingerprint density at radius 2 is 2.07 bits per heavy atom. The van der Waals surface area contributed by atoms with Gasteiger partial charge in [-0.05, 0) is 49.6 Å². The first kappa shape index (κ1) is 19.8. The lowest BCUT2D eigenvalue weighted by Crippen LogP contribution is -2.34. The quantitative estimate of drug-likeness (QED) is 0.672. The van der Waals surface area contributed by atoms with E-state index in [1.807, 2.05) is 49.4 Å². The fourth-order valence-electron chi connectivity index (χ4n) is 3.62. The number of methoxy groups -OCH3 is 2. The summed E-state index contributed by atoms with van der Waals surface area (Å²) in [5, 5.41) is 7.06. The van der Waals surface area contributed by atoms with Crippen molar-refractivity contribution < 1.29 is 18.8 Å². The van der Waals surface area contributed by atoms with Gasteiger partial charge in [-0.15, -0.1) is 0 Å². The largest absolute Gasteiger partial charge is 0.497 e. The Balaban J connectivity index is 1.53. The van der Waals surface area contributed by atoms with Crippen LogP contribution in [0.15, 0.2) is 47.0 Å². The molecule has 0 radical (unpaired) electrons. The van der Waals surface area contributed by atoms with Crippen LogP contribution in [0.2, 0.25) is 0 Å². The minimum atomic E-state index is -0.271. The highest BCUT2D eigenvalue weighted by molar-refractivity contribution is 5.91. The molecule has 1 aliphatic rings. The second kappa shape index (κ2) is 8.44. The zero-order valence-electron chi connectivity index (χ0n) is 17.2. The number of aromatic nitrogens is 2. The zero-order chi connectivity index (χ0) is 21.1. The summed E-state index contributed by atoms with van der Waals surface area (Å²) >= 11 is 0. The van der Waals surface area contributed by atoms with Gasteiger partial charge in [-0.3, -0.25) is 0 Å². The molecule has 0 saturated carbocycles. The summed E-state index contributed by atoms with van der Waals surface area (Å²) in [5.74, 6) is 2.23. The van der Waals surface area contributed by atoms with Gasteiger partial charge in [0.25, 0.3) is 0 Å². The molecule has 1 saturated heterocycles.